The zero-order valence-corrected chi connectivity index (χ0v) is 13.0. The van der Waals surface area contributed by atoms with Gasteiger partial charge in [-0.25, -0.2) is 12.8 Å². The lowest BCUT2D eigenvalue weighted by Crippen LogP contribution is -2.13. The molecular formula is C10H5Cl2FN2O4S2. The summed E-state index contributed by atoms with van der Waals surface area (Å²) in [5.74, 6) is -0.872. The van der Waals surface area contributed by atoms with Crippen molar-refractivity contribution in [1.29, 1.82) is 0 Å². The van der Waals surface area contributed by atoms with Gasteiger partial charge in [-0.1, -0.05) is 29.3 Å². The fourth-order valence-corrected chi connectivity index (χ4v) is 4.39. The molecule has 0 spiro atoms. The van der Waals surface area contributed by atoms with Gasteiger partial charge < -0.3 is 0 Å². The van der Waals surface area contributed by atoms with E-state index in [0.29, 0.717) is 11.3 Å². The molecule has 0 saturated carbocycles. The van der Waals surface area contributed by atoms with Crippen LogP contribution in [0.1, 0.15) is 0 Å². The number of nitro groups is 1. The largest absolute Gasteiger partial charge is 0.300 e. The van der Waals surface area contributed by atoms with Gasteiger partial charge in [0.25, 0.3) is 15.7 Å². The third kappa shape index (κ3) is 3.26. The van der Waals surface area contributed by atoms with Crippen LogP contribution >= 0.6 is 34.5 Å². The Morgan fingerprint density at radius 3 is 2.52 bits per heavy atom. The minimum Gasteiger partial charge on any atom is -0.274 e. The van der Waals surface area contributed by atoms with Crippen LogP contribution in [0.25, 0.3) is 0 Å². The number of halogens is 3. The number of anilines is 1. The molecule has 0 atom stereocenters. The third-order valence-corrected chi connectivity index (χ3v) is 5.78. The van der Waals surface area contributed by atoms with Gasteiger partial charge in [0.15, 0.2) is 4.34 Å². The van der Waals surface area contributed by atoms with Crippen LogP contribution in [0.2, 0.25) is 9.36 Å². The molecule has 0 aliphatic carbocycles. The second kappa shape index (κ2) is 5.76. The molecule has 0 aliphatic heterocycles. The second-order valence-electron chi connectivity index (χ2n) is 3.68. The van der Waals surface area contributed by atoms with Gasteiger partial charge in [0.1, 0.15) is 15.7 Å². The number of rotatable bonds is 4. The van der Waals surface area contributed by atoms with Crippen LogP contribution in [0.4, 0.5) is 15.8 Å². The molecule has 112 valence electrons. The van der Waals surface area contributed by atoms with E-state index in [0.717, 1.165) is 12.1 Å². The molecule has 0 aliphatic rings. The molecule has 1 heterocycles. The van der Waals surface area contributed by atoms with Crippen molar-refractivity contribution in [2.45, 2.75) is 4.21 Å². The second-order valence-corrected chi connectivity index (χ2v) is 7.65. The van der Waals surface area contributed by atoms with E-state index in [1.54, 1.807) is 0 Å². The predicted octanol–water partition coefficient (Wildman–Crippen LogP) is 3.90. The van der Waals surface area contributed by atoms with Crippen molar-refractivity contribution in [3.8, 4) is 0 Å². The van der Waals surface area contributed by atoms with Crippen LogP contribution < -0.4 is 4.72 Å². The van der Waals surface area contributed by atoms with Crippen LogP contribution in [0.15, 0.2) is 28.5 Å². The fraction of sp³-hybridized carbons (Fsp3) is 0. The zero-order valence-electron chi connectivity index (χ0n) is 9.84. The summed E-state index contributed by atoms with van der Waals surface area (Å²) in [5, 5.41) is 10.5. The standard InChI is InChI=1S/C10H5Cl2FN2O4S2/c11-5-2-1-3-6(13)9(5)14-21(18,19)8-4-7(15(16)17)10(12)20-8/h1-4,14H. The topological polar surface area (TPSA) is 89.3 Å². The van der Waals surface area contributed by atoms with Gasteiger partial charge in [-0.2, -0.15) is 0 Å². The molecule has 0 fully saturated rings. The van der Waals surface area contributed by atoms with E-state index in [9.17, 15) is 22.9 Å². The van der Waals surface area contributed by atoms with Gasteiger partial charge >= 0.3 is 0 Å². The summed E-state index contributed by atoms with van der Waals surface area (Å²) in [6, 6.07) is 4.42. The number of sulfonamides is 1. The Balaban J connectivity index is 2.44. The molecule has 1 N–H and O–H groups in total. The molecule has 2 aromatic rings. The Morgan fingerprint density at radius 2 is 2.00 bits per heavy atom. The van der Waals surface area contributed by atoms with Gasteiger partial charge in [0.2, 0.25) is 0 Å². The Kier molecular flexibility index (Phi) is 4.38. The summed E-state index contributed by atoms with van der Waals surface area (Å²) in [6.07, 6.45) is 0. The number of hydrogen-bond acceptors (Lipinski definition) is 5. The van der Waals surface area contributed by atoms with Gasteiger partial charge in [-0.3, -0.25) is 14.8 Å². The van der Waals surface area contributed by atoms with Crippen molar-refractivity contribution >= 4 is 55.9 Å². The molecule has 11 heteroatoms. The molecule has 0 radical (unpaired) electrons. The summed E-state index contributed by atoms with van der Waals surface area (Å²) < 4.78 is 39.0. The number of benzene rings is 1. The van der Waals surface area contributed by atoms with Gasteiger partial charge in [-0.15, -0.1) is 11.3 Å². The van der Waals surface area contributed by atoms with Crippen molar-refractivity contribution in [3.63, 3.8) is 0 Å². The molecule has 21 heavy (non-hydrogen) atoms. The lowest BCUT2D eigenvalue weighted by Gasteiger charge is -2.08. The van der Waals surface area contributed by atoms with E-state index < -0.39 is 36.3 Å². The SMILES string of the molecule is O=[N+]([O-])c1cc(S(=O)(=O)Nc2c(F)cccc2Cl)sc1Cl. The lowest BCUT2D eigenvalue weighted by atomic mass is 10.3. The first-order valence-corrected chi connectivity index (χ1v) is 8.18. The van der Waals surface area contributed by atoms with Crippen LogP contribution in [0, 0.1) is 15.9 Å². The summed E-state index contributed by atoms with van der Waals surface area (Å²) in [7, 11) is -4.24. The molecular weight excluding hydrogens is 366 g/mol. The van der Waals surface area contributed by atoms with E-state index >= 15 is 0 Å². The molecule has 0 unspecified atom stereocenters. The molecule has 1 aromatic heterocycles. The van der Waals surface area contributed by atoms with Gasteiger partial charge in [0, 0.05) is 6.07 Å². The summed E-state index contributed by atoms with van der Waals surface area (Å²) in [5.41, 5.74) is -0.979. The van der Waals surface area contributed by atoms with Crippen molar-refractivity contribution < 1.29 is 17.7 Å². The number of para-hydroxylation sites is 1. The summed E-state index contributed by atoms with van der Waals surface area (Å²) >= 11 is 11.8. The summed E-state index contributed by atoms with van der Waals surface area (Å²) in [4.78, 5) is 9.85. The maximum Gasteiger partial charge on any atom is 0.300 e. The predicted molar refractivity (Wildman–Crippen MR) is 78.2 cm³/mol. The normalized spacial score (nSPS) is 11.4. The highest BCUT2D eigenvalue weighted by Crippen LogP contribution is 2.37. The lowest BCUT2D eigenvalue weighted by molar-refractivity contribution is -0.384. The minimum absolute atomic E-state index is 0.143. The first-order valence-electron chi connectivity index (χ1n) is 5.13. The Labute approximate surface area is 132 Å². The van der Waals surface area contributed by atoms with E-state index in [1.165, 1.54) is 12.1 Å². The maximum absolute atomic E-state index is 13.6. The van der Waals surface area contributed by atoms with Crippen molar-refractivity contribution in [3.05, 3.63) is 49.6 Å². The average molecular weight is 371 g/mol. The first kappa shape index (κ1) is 16.0. The highest BCUT2D eigenvalue weighted by atomic mass is 35.5. The van der Waals surface area contributed by atoms with Crippen molar-refractivity contribution in [2.24, 2.45) is 0 Å². The fourth-order valence-electron chi connectivity index (χ4n) is 1.38. The van der Waals surface area contributed by atoms with Crippen LogP contribution in [0.3, 0.4) is 0 Å². The third-order valence-electron chi connectivity index (χ3n) is 2.31. The number of hydrogen-bond donors (Lipinski definition) is 1. The van der Waals surface area contributed by atoms with Crippen molar-refractivity contribution in [2.75, 3.05) is 4.72 Å². The van der Waals surface area contributed by atoms with E-state index in [1.807, 2.05) is 4.72 Å². The highest BCUT2D eigenvalue weighted by Gasteiger charge is 2.26. The van der Waals surface area contributed by atoms with Crippen LogP contribution in [0.5, 0.6) is 0 Å². The minimum atomic E-state index is -4.24. The Bertz CT molecular complexity index is 802. The van der Waals surface area contributed by atoms with Crippen LogP contribution in [-0.2, 0) is 10.0 Å². The molecule has 0 saturated heterocycles. The molecule has 0 bridgehead atoms. The van der Waals surface area contributed by atoms with E-state index in [2.05, 4.69) is 0 Å². The van der Waals surface area contributed by atoms with Crippen molar-refractivity contribution in [1.82, 2.24) is 0 Å². The summed E-state index contributed by atoms with van der Waals surface area (Å²) in [6.45, 7) is 0. The first-order chi connectivity index (χ1) is 9.72. The number of nitrogens with zero attached hydrogens (tertiary/aromatic N) is 1. The molecule has 2 rings (SSSR count). The smallest absolute Gasteiger partial charge is 0.274 e. The zero-order chi connectivity index (χ0) is 15.8. The monoisotopic (exact) mass is 370 g/mol. The van der Waals surface area contributed by atoms with Gasteiger partial charge in [0.05, 0.1) is 9.95 Å². The molecule has 6 nitrogen and oxygen atoms in total. The molecule has 0 amide bonds. The van der Waals surface area contributed by atoms with Crippen LogP contribution in [-0.4, -0.2) is 13.3 Å². The number of thiophene rings is 1. The number of nitrogens with one attached hydrogen (secondary N) is 1. The Hall–Kier alpha value is -1.42. The van der Waals surface area contributed by atoms with E-state index in [-0.39, 0.29) is 9.36 Å². The Morgan fingerprint density at radius 1 is 1.33 bits per heavy atom. The van der Waals surface area contributed by atoms with E-state index in [4.69, 9.17) is 23.2 Å². The quantitative estimate of drug-likeness (QED) is 0.652. The average Bonchev–Trinajstić information content (AvgIpc) is 2.77. The van der Waals surface area contributed by atoms with Gasteiger partial charge in [-0.05, 0) is 12.1 Å². The maximum atomic E-state index is 13.6. The molecule has 1 aromatic carbocycles. The highest BCUT2D eigenvalue weighted by molar-refractivity contribution is 7.94.